The van der Waals surface area contributed by atoms with Crippen LogP contribution in [0.3, 0.4) is 0 Å². The summed E-state index contributed by atoms with van der Waals surface area (Å²) in [5.41, 5.74) is 3.09. The molecule has 1 aromatic heterocycles. The van der Waals surface area contributed by atoms with E-state index < -0.39 is 0 Å². The predicted octanol–water partition coefficient (Wildman–Crippen LogP) is 3.14. The molecule has 0 saturated carbocycles. The lowest BCUT2D eigenvalue weighted by atomic mass is 10.2. The summed E-state index contributed by atoms with van der Waals surface area (Å²) in [6.07, 6.45) is 0. The molecule has 0 unspecified atom stereocenters. The number of nitrogens with zero attached hydrogens (tertiary/aromatic N) is 3. The van der Waals surface area contributed by atoms with Crippen LogP contribution in [0.2, 0.25) is 0 Å². The molecule has 1 heterocycles. The molecular weight excluding hydrogens is 278 g/mol. The first-order valence-electron chi connectivity index (χ1n) is 7.35. The minimum atomic E-state index is 0.722. The van der Waals surface area contributed by atoms with Gasteiger partial charge in [-0.05, 0) is 44.5 Å². The highest BCUT2D eigenvalue weighted by molar-refractivity contribution is 5.44. The van der Waals surface area contributed by atoms with Crippen LogP contribution in [0.25, 0.3) is 0 Å². The van der Waals surface area contributed by atoms with Gasteiger partial charge in [-0.3, -0.25) is 0 Å². The third-order valence-electron chi connectivity index (χ3n) is 3.46. The molecule has 0 fully saturated rings. The number of ether oxygens (including phenoxy) is 2. The molecule has 5 nitrogen and oxygen atoms in total. The van der Waals surface area contributed by atoms with Gasteiger partial charge in [-0.15, -0.1) is 0 Å². The van der Waals surface area contributed by atoms with Gasteiger partial charge >= 0.3 is 0 Å². The normalized spacial score (nSPS) is 10.4. The van der Waals surface area contributed by atoms with Crippen molar-refractivity contribution in [3.63, 3.8) is 0 Å². The number of benzene rings is 1. The van der Waals surface area contributed by atoms with E-state index in [0.717, 1.165) is 47.5 Å². The lowest BCUT2D eigenvalue weighted by Gasteiger charge is -2.22. The Morgan fingerprint density at radius 2 is 1.59 bits per heavy atom. The molecule has 1 aromatic carbocycles. The fourth-order valence-corrected chi connectivity index (χ4v) is 2.37. The lowest BCUT2D eigenvalue weighted by Crippen LogP contribution is -2.24. The van der Waals surface area contributed by atoms with Crippen molar-refractivity contribution < 1.29 is 9.47 Å². The van der Waals surface area contributed by atoms with Crippen molar-refractivity contribution in [1.29, 1.82) is 0 Å². The maximum atomic E-state index is 5.36. The first-order valence-corrected chi connectivity index (χ1v) is 7.35. The molecule has 0 radical (unpaired) electrons. The second-order valence-corrected chi connectivity index (χ2v) is 5.15. The minimum absolute atomic E-state index is 0.722. The molecule has 0 spiro atoms. The highest BCUT2D eigenvalue weighted by atomic mass is 16.5. The molecule has 118 valence electrons. The standard InChI is InChI=1S/C17H23N3O2/c1-6-20(17-18-12(2)9-13(3)19-17)11-14-7-8-15(21-4)16(10-14)22-5/h7-10H,6,11H2,1-5H3. The second kappa shape index (κ2) is 7.11. The molecular formula is C17H23N3O2. The van der Waals surface area contributed by atoms with Crippen LogP contribution in [0.15, 0.2) is 24.3 Å². The molecule has 22 heavy (non-hydrogen) atoms. The van der Waals surface area contributed by atoms with Crippen LogP contribution in [0, 0.1) is 13.8 Å². The van der Waals surface area contributed by atoms with Gasteiger partial charge in [0, 0.05) is 24.5 Å². The topological polar surface area (TPSA) is 47.5 Å². The van der Waals surface area contributed by atoms with E-state index in [1.807, 2.05) is 38.1 Å². The number of hydrogen-bond donors (Lipinski definition) is 0. The fourth-order valence-electron chi connectivity index (χ4n) is 2.37. The van der Waals surface area contributed by atoms with Crippen molar-refractivity contribution in [1.82, 2.24) is 9.97 Å². The van der Waals surface area contributed by atoms with Crippen LogP contribution in [-0.4, -0.2) is 30.7 Å². The second-order valence-electron chi connectivity index (χ2n) is 5.15. The number of aryl methyl sites for hydroxylation is 2. The maximum absolute atomic E-state index is 5.36. The third kappa shape index (κ3) is 3.67. The van der Waals surface area contributed by atoms with E-state index in [2.05, 4.69) is 21.8 Å². The summed E-state index contributed by atoms with van der Waals surface area (Å²) in [5, 5.41) is 0. The SMILES string of the molecule is CCN(Cc1ccc(OC)c(OC)c1)c1nc(C)cc(C)n1. The largest absolute Gasteiger partial charge is 0.493 e. The van der Waals surface area contributed by atoms with Crippen LogP contribution in [-0.2, 0) is 6.54 Å². The monoisotopic (exact) mass is 301 g/mol. The highest BCUT2D eigenvalue weighted by Gasteiger charge is 2.11. The molecule has 0 aliphatic carbocycles. The minimum Gasteiger partial charge on any atom is -0.493 e. The van der Waals surface area contributed by atoms with Crippen molar-refractivity contribution in [2.45, 2.75) is 27.3 Å². The molecule has 0 aliphatic rings. The molecule has 2 rings (SSSR count). The van der Waals surface area contributed by atoms with Crippen LogP contribution >= 0.6 is 0 Å². The Morgan fingerprint density at radius 3 is 2.14 bits per heavy atom. The van der Waals surface area contributed by atoms with Gasteiger partial charge in [-0.2, -0.15) is 0 Å². The first kappa shape index (κ1) is 16.1. The molecule has 2 aromatic rings. The number of hydrogen-bond acceptors (Lipinski definition) is 5. The number of anilines is 1. The van der Waals surface area contributed by atoms with Gasteiger partial charge in [0.25, 0.3) is 0 Å². The summed E-state index contributed by atoms with van der Waals surface area (Å²) in [7, 11) is 3.28. The molecule has 0 atom stereocenters. The smallest absolute Gasteiger partial charge is 0.226 e. The van der Waals surface area contributed by atoms with Crippen molar-refractivity contribution in [3.8, 4) is 11.5 Å². The van der Waals surface area contributed by atoms with Crippen molar-refractivity contribution in [2.24, 2.45) is 0 Å². The summed E-state index contributed by atoms with van der Waals surface area (Å²) in [4.78, 5) is 11.2. The van der Waals surface area contributed by atoms with E-state index in [1.165, 1.54) is 0 Å². The molecule has 0 N–H and O–H groups in total. The van der Waals surface area contributed by atoms with E-state index >= 15 is 0 Å². The summed E-state index contributed by atoms with van der Waals surface area (Å²) in [6.45, 7) is 7.63. The highest BCUT2D eigenvalue weighted by Crippen LogP contribution is 2.28. The first-order chi connectivity index (χ1) is 10.6. The molecule has 0 saturated heterocycles. The third-order valence-corrected chi connectivity index (χ3v) is 3.46. The predicted molar refractivity (Wildman–Crippen MR) is 87.8 cm³/mol. The fraction of sp³-hybridized carbons (Fsp3) is 0.412. The van der Waals surface area contributed by atoms with Gasteiger partial charge in [-0.1, -0.05) is 6.07 Å². The van der Waals surface area contributed by atoms with Crippen LogP contribution in [0.4, 0.5) is 5.95 Å². The van der Waals surface area contributed by atoms with E-state index in [0.29, 0.717) is 0 Å². The van der Waals surface area contributed by atoms with Crippen molar-refractivity contribution in [2.75, 3.05) is 25.7 Å². The number of aromatic nitrogens is 2. The van der Waals surface area contributed by atoms with E-state index in [4.69, 9.17) is 9.47 Å². The zero-order valence-electron chi connectivity index (χ0n) is 13.9. The van der Waals surface area contributed by atoms with Gasteiger partial charge < -0.3 is 14.4 Å². The average Bonchev–Trinajstić information content (AvgIpc) is 2.51. The van der Waals surface area contributed by atoms with Crippen LogP contribution < -0.4 is 14.4 Å². The summed E-state index contributed by atoms with van der Waals surface area (Å²) < 4.78 is 10.6. The van der Waals surface area contributed by atoms with Crippen molar-refractivity contribution >= 4 is 5.95 Å². The Hall–Kier alpha value is -2.30. The van der Waals surface area contributed by atoms with Gasteiger partial charge in [0.05, 0.1) is 14.2 Å². The maximum Gasteiger partial charge on any atom is 0.226 e. The quantitative estimate of drug-likeness (QED) is 0.820. The van der Waals surface area contributed by atoms with Crippen molar-refractivity contribution in [3.05, 3.63) is 41.2 Å². The summed E-state index contributed by atoms with van der Waals surface area (Å²) in [5.74, 6) is 2.23. The number of rotatable bonds is 6. The van der Waals surface area contributed by atoms with Gasteiger partial charge in [-0.25, -0.2) is 9.97 Å². The Morgan fingerprint density at radius 1 is 0.955 bits per heavy atom. The molecule has 5 heteroatoms. The molecule has 0 bridgehead atoms. The van der Waals surface area contributed by atoms with E-state index in [9.17, 15) is 0 Å². The Labute approximate surface area is 131 Å². The van der Waals surface area contributed by atoms with E-state index in [-0.39, 0.29) is 0 Å². The average molecular weight is 301 g/mol. The van der Waals surface area contributed by atoms with Crippen LogP contribution in [0.5, 0.6) is 11.5 Å². The lowest BCUT2D eigenvalue weighted by molar-refractivity contribution is 0.354. The van der Waals surface area contributed by atoms with Crippen LogP contribution in [0.1, 0.15) is 23.9 Å². The molecule has 0 aliphatic heterocycles. The zero-order valence-corrected chi connectivity index (χ0v) is 13.9. The van der Waals surface area contributed by atoms with Gasteiger partial charge in [0.1, 0.15) is 0 Å². The van der Waals surface area contributed by atoms with Gasteiger partial charge in [0.2, 0.25) is 5.95 Å². The van der Waals surface area contributed by atoms with E-state index in [1.54, 1.807) is 14.2 Å². The zero-order chi connectivity index (χ0) is 16.1. The molecule has 0 amide bonds. The Bertz CT molecular complexity index is 624. The Balaban J connectivity index is 2.26. The number of methoxy groups -OCH3 is 2. The summed E-state index contributed by atoms with van der Waals surface area (Å²) >= 11 is 0. The van der Waals surface area contributed by atoms with Gasteiger partial charge in [0.15, 0.2) is 11.5 Å². The summed E-state index contributed by atoms with van der Waals surface area (Å²) in [6, 6.07) is 7.93. The Kier molecular flexibility index (Phi) is 5.20.